The van der Waals surface area contributed by atoms with Crippen LogP contribution in [0.5, 0.6) is 0 Å². The summed E-state index contributed by atoms with van der Waals surface area (Å²) in [7, 11) is -1.66. The largest absolute Gasteiger partial charge is 0.254 e. The maximum absolute atomic E-state index is 6.14. The van der Waals surface area contributed by atoms with Gasteiger partial charge in [-0.3, -0.25) is 0 Å². The fourth-order valence-corrected chi connectivity index (χ4v) is 7.42. The Morgan fingerprint density at radius 2 is 0.500 bits per heavy atom. The Hall–Kier alpha value is 1.09. The Morgan fingerprint density at radius 1 is 0.325 bits per heavy atom. The lowest BCUT2D eigenvalue weighted by Gasteiger charge is -2.08. The minimum atomic E-state index is -1.66. The molecule has 0 aromatic carbocycles. The lowest BCUT2D eigenvalue weighted by atomic mass is 10.0. The summed E-state index contributed by atoms with van der Waals surface area (Å²) in [6.45, 7) is 2.31. The van der Waals surface area contributed by atoms with E-state index in [0.29, 0.717) is 0 Å². The molecule has 0 N–H and O–H groups in total. The standard InChI is InChI=1S/C36H73Cl3Si/c1-2-3-4-5-6-7-8-9-10-11-12-13-14-15-16-17-18-19-20-21-22-23-24-25-26-27-28-29-30-31-32-33-34-35-36(37)40(38)39/h36,40H,2-35H2,1H3/t36-/m1/s1. The van der Waals surface area contributed by atoms with E-state index in [1.54, 1.807) is 0 Å². The number of alkyl halides is 1. The molecule has 0 bridgehead atoms. The quantitative estimate of drug-likeness (QED) is 0.0280. The van der Waals surface area contributed by atoms with E-state index in [4.69, 9.17) is 33.8 Å². The summed E-state index contributed by atoms with van der Waals surface area (Å²) in [5, 5.41) is 0.0572. The first kappa shape index (κ1) is 41.1. The maximum atomic E-state index is 6.14. The van der Waals surface area contributed by atoms with E-state index in [1.165, 1.54) is 212 Å². The molecule has 0 aliphatic heterocycles. The van der Waals surface area contributed by atoms with Gasteiger partial charge in [0, 0.05) is 0 Å². The molecule has 1 atom stereocenters. The lowest BCUT2D eigenvalue weighted by molar-refractivity contribution is 0.511. The van der Waals surface area contributed by atoms with Crippen molar-refractivity contribution in [3.8, 4) is 0 Å². The van der Waals surface area contributed by atoms with Gasteiger partial charge < -0.3 is 0 Å². The Morgan fingerprint density at radius 3 is 0.675 bits per heavy atom. The van der Waals surface area contributed by atoms with Crippen molar-refractivity contribution in [3.63, 3.8) is 0 Å². The average molecular weight is 640 g/mol. The molecule has 0 fully saturated rings. The highest BCUT2D eigenvalue weighted by molar-refractivity contribution is 7.36. The first-order valence-corrected chi connectivity index (χ1v) is 23.2. The molecule has 40 heavy (non-hydrogen) atoms. The van der Waals surface area contributed by atoms with Gasteiger partial charge in [-0.05, 0) is 6.42 Å². The molecule has 0 aliphatic rings. The molecule has 0 unspecified atom stereocenters. The van der Waals surface area contributed by atoms with Crippen molar-refractivity contribution in [2.24, 2.45) is 0 Å². The van der Waals surface area contributed by atoms with Crippen LogP contribution in [0.2, 0.25) is 0 Å². The Labute approximate surface area is 270 Å². The summed E-state index contributed by atoms with van der Waals surface area (Å²) in [5.41, 5.74) is 0. The second-order valence-electron chi connectivity index (χ2n) is 13.0. The van der Waals surface area contributed by atoms with Crippen LogP contribution in [0.3, 0.4) is 0 Å². The predicted molar refractivity (Wildman–Crippen MR) is 191 cm³/mol. The molecule has 0 amide bonds. The van der Waals surface area contributed by atoms with Crippen LogP contribution >= 0.6 is 33.8 Å². The van der Waals surface area contributed by atoms with Crippen molar-refractivity contribution in [2.45, 2.75) is 230 Å². The molecule has 0 aromatic rings. The van der Waals surface area contributed by atoms with Gasteiger partial charge >= 0.3 is 0 Å². The third kappa shape index (κ3) is 35.3. The molecule has 0 nitrogen and oxygen atoms in total. The van der Waals surface area contributed by atoms with Gasteiger partial charge in [-0.15, -0.1) is 33.8 Å². The monoisotopic (exact) mass is 638 g/mol. The summed E-state index contributed by atoms with van der Waals surface area (Å²) in [6.07, 6.45) is 48.8. The van der Waals surface area contributed by atoms with E-state index >= 15 is 0 Å². The molecule has 0 radical (unpaired) electrons. The van der Waals surface area contributed by atoms with Crippen molar-refractivity contribution in [2.75, 3.05) is 0 Å². The van der Waals surface area contributed by atoms with Crippen LogP contribution in [-0.4, -0.2) is 12.4 Å². The smallest absolute Gasteiger partial charge is 0.149 e. The van der Waals surface area contributed by atoms with Crippen LogP contribution in [0, 0.1) is 0 Å². The zero-order valence-electron chi connectivity index (χ0n) is 27.3. The highest BCUT2D eigenvalue weighted by atomic mass is 35.7. The van der Waals surface area contributed by atoms with Crippen molar-refractivity contribution in [1.29, 1.82) is 0 Å². The van der Waals surface area contributed by atoms with Crippen LogP contribution in [0.25, 0.3) is 0 Å². The highest BCUT2D eigenvalue weighted by Crippen LogP contribution is 2.19. The molecule has 0 aromatic heterocycles. The number of unbranched alkanes of at least 4 members (excludes halogenated alkanes) is 32. The number of rotatable bonds is 35. The van der Waals surface area contributed by atoms with E-state index < -0.39 is 7.42 Å². The van der Waals surface area contributed by atoms with E-state index in [0.717, 1.165) is 6.42 Å². The first-order chi connectivity index (χ1) is 19.7. The minimum absolute atomic E-state index is 0.0572. The second-order valence-corrected chi connectivity index (χ2v) is 18.9. The van der Waals surface area contributed by atoms with Crippen LogP contribution in [0.1, 0.15) is 225 Å². The second kappa shape index (κ2) is 36.3. The number of halogens is 3. The zero-order valence-corrected chi connectivity index (χ0v) is 30.8. The van der Waals surface area contributed by atoms with E-state index in [9.17, 15) is 0 Å². The van der Waals surface area contributed by atoms with Gasteiger partial charge in [0.25, 0.3) is 7.42 Å². The van der Waals surface area contributed by atoms with Crippen LogP contribution in [0.4, 0.5) is 0 Å². The van der Waals surface area contributed by atoms with Gasteiger partial charge in [0.15, 0.2) is 0 Å². The Kier molecular flexibility index (Phi) is 37.3. The molecule has 4 heteroatoms. The third-order valence-corrected chi connectivity index (χ3v) is 13.3. The minimum Gasteiger partial charge on any atom is -0.149 e. The molecule has 0 saturated carbocycles. The Bertz CT molecular complexity index is 446. The SMILES string of the molecule is CCCCCCCCCCCCCCCCCCCCCCCCCCCCCCCCCCC[C@H](Cl)[SiH](Cl)Cl. The van der Waals surface area contributed by atoms with Gasteiger partial charge in [-0.1, -0.05) is 219 Å². The fraction of sp³-hybridized carbons (Fsp3) is 1.00. The van der Waals surface area contributed by atoms with E-state index in [1.807, 2.05) is 0 Å². The molecular weight excluding hydrogens is 567 g/mol. The van der Waals surface area contributed by atoms with Crippen molar-refractivity contribution < 1.29 is 0 Å². The van der Waals surface area contributed by atoms with Gasteiger partial charge in [0.2, 0.25) is 0 Å². The molecule has 0 spiro atoms. The Balaban J connectivity index is 3.05. The first-order valence-electron chi connectivity index (χ1n) is 18.6. The van der Waals surface area contributed by atoms with Crippen molar-refractivity contribution in [3.05, 3.63) is 0 Å². The van der Waals surface area contributed by atoms with Gasteiger partial charge in [0.1, 0.15) is 0 Å². The van der Waals surface area contributed by atoms with E-state index in [2.05, 4.69) is 6.92 Å². The summed E-state index contributed by atoms with van der Waals surface area (Å²) in [4.78, 5) is 0. The topological polar surface area (TPSA) is 0 Å². The van der Waals surface area contributed by atoms with Gasteiger partial charge in [-0.2, -0.15) is 0 Å². The fourth-order valence-electron chi connectivity index (χ4n) is 6.02. The van der Waals surface area contributed by atoms with Crippen molar-refractivity contribution in [1.82, 2.24) is 0 Å². The van der Waals surface area contributed by atoms with Crippen LogP contribution in [0.15, 0.2) is 0 Å². The van der Waals surface area contributed by atoms with E-state index in [-0.39, 0.29) is 5.00 Å². The molecule has 0 saturated heterocycles. The van der Waals surface area contributed by atoms with Crippen LogP contribution in [-0.2, 0) is 0 Å². The summed E-state index contributed by atoms with van der Waals surface area (Å²) >= 11 is 18.0. The summed E-state index contributed by atoms with van der Waals surface area (Å²) in [6, 6.07) is 0. The number of hydrogen-bond acceptors (Lipinski definition) is 0. The van der Waals surface area contributed by atoms with Crippen molar-refractivity contribution >= 4 is 41.2 Å². The molecule has 0 aliphatic carbocycles. The third-order valence-electron chi connectivity index (χ3n) is 8.86. The van der Waals surface area contributed by atoms with Gasteiger partial charge in [0.05, 0.1) is 5.00 Å². The summed E-state index contributed by atoms with van der Waals surface area (Å²) < 4.78 is 0. The van der Waals surface area contributed by atoms with Crippen LogP contribution < -0.4 is 0 Å². The highest BCUT2D eigenvalue weighted by Gasteiger charge is 2.15. The maximum Gasteiger partial charge on any atom is 0.254 e. The average Bonchev–Trinajstić information content (AvgIpc) is 2.95. The molecule has 242 valence electrons. The number of hydrogen-bond donors (Lipinski definition) is 0. The molecular formula is C36H73Cl3Si. The normalized spacial score (nSPS) is 12.5. The molecule has 0 rings (SSSR count). The van der Waals surface area contributed by atoms with Gasteiger partial charge in [-0.25, -0.2) is 0 Å². The predicted octanol–water partition coefficient (Wildman–Crippen LogP) is 15.1. The molecule has 0 heterocycles. The lowest BCUT2D eigenvalue weighted by Crippen LogP contribution is -2.12. The summed E-state index contributed by atoms with van der Waals surface area (Å²) in [5.74, 6) is 0. The zero-order chi connectivity index (χ0) is 29.2.